The third kappa shape index (κ3) is 4.51. The number of nitrogens with zero attached hydrogens (tertiary/aromatic N) is 5. The molecule has 124 valence electrons. The van der Waals surface area contributed by atoms with Gasteiger partial charge >= 0.3 is 0 Å². The zero-order chi connectivity index (χ0) is 16.1. The fraction of sp³-hybridized carbons (Fsp3) is 0.588. The lowest BCUT2D eigenvalue weighted by Gasteiger charge is -2.17. The summed E-state index contributed by atoms with van der Waals surface area (Å²) in [5, 5.41) is 7.78. The minimum atomic E-state index is 0.587. The summed E-state index contributed by atoms with van der Waals surface area (Å²) in [5.74, 6) is 3.29. The van der Waals surface area contributed by atoms with Gasteiger partial charge in [-0.2, -0.15) is 5.10 Å². The van der Waals surface area contributed by atoms with Gasteiger partial charge in [0.2, 0.25) is 0 Å². The van der Waals surface area contributed by atoms with E-state index in [4.69, 9.17) is 0 Å². The predicted octanol–water partition coefficient (Wildman–Crippen LogP) is 2.26. The highest BCUT2D eigenvalue weighted by Crippen LogP contribution is 2.18. The summed E-state index contributed by atoms with van der Waals surface area (Å²) < 4.78 is 2.05. The third-order valence-electron chi connectivity index (χ3n) is 4.21. The summed E-state index contributed by atoms with van der Waals surface area (Å²) in [7, 11) is 0. The number of hydrogen-bond acceptors (Lipinski definition) is 5. The van der Waals surface area contributed by atoms with Gasteiger partial charge in [0.15, 0.2) is 0 Å². The molecule has 0 saturated carbocycles. The van der Waals surface area contributed by atoms with Gasteiger partial charge < -0.3 is 5.32 Å². The molecule has 6 heteroatoms. The van der Waals surface area contributed by atoms with Crippen LogP contribution >= 0.6 is 0 Å². The van der Waals surface area contributed by atoms with Crippen molar-refractivity contribution in [2.24, 2.45) is 11.8 Å². The van der Waals surface area contributed by atoms with Gasteiger partial charge in [0, 0.05) is 25.8 Å². The first-order valence-corrected chi connectivity index (χ1v) is 8.44. The van der Waals surface area contributed by atoms with Crippen LogP contribution in [0.25, 0.3) is 0 Å². The van der Waals surface area contributed by atoms with E-state index in [2.05, 4.69) is 39.1 Å². The van der Waals surface area contributed by atoms with Crippen molar-refractivity contribution in [1.29, 1.82) is 0 Å². The number of anilines is 1. The molecular formula is C17H26N6. The van der Waals surface area contributed by atoms with E-state index >= 15 is 0 Å². The maximum absolute atomic E-state index is 4.44. The molecule has 0 spiro atoms. The van der Waals surface area contributed by atoms with Crippen molar-refractivity contribution in [1.82, 2.24) is 24.6 Å². The maximum Gasteiger partial charge on any atom is 0.141 e. The number of likely N-dealkylation sites (tertiary alicyclic amines) is 1. The minimum Gasteiger partial charge on any atom is -0.370 e. The predicted molar refractivity (Wildman–Crippen MR) is 91.0 cm³/mol. The van der Waals surface area contributed by atoms with Gasteiger partial charge in [-0.25, -0.2) is 14.6 Å². The Morgan fingerprint density at radius 2 is 2.22 bits per heavy atom. The van der Waals surface area contributed by atoms with Crippen LogP contribution in [0.1, 0.15) is 26.1 Å². The Labute approximate surface area is 137 Å². The highest BCUT2D eigenvalue weighted by Gasteiger charge is 2.23. The summed E-state index contributed by atoms with van der Waals surface area (Å²) in [4.78, 5) is 11.2. The summed E-state index contributed by atoms with van der Waals surface area (Å²) in [6.45, 7) is 9.46. The molecule has 2 aromatic rings. The average molecular weight is 314 g/mol. The lowest BCUT2D eigenvalue weighted by atomic mass is 10.1. The molecule has 1 aliphatic heterocycles. The van der Waals surface area contributed by atoms with E-state index in [0.717, 1.165) is 44.4 Å². The summed E-state index contributed by atoms with van der Waals surface area (Å²) in [6.07, 6.45) is 4.72. The zero-order valence-electron chi connectivity index (χ0n) is 14.0. The fourth-order valence-electron chi connectivity index (χ4n) is 3.05. The van der Waals surface area contributed by atoms with Crippen LogP contribution in [-0.2, 0) is 13.1 Å². The molecule has 1 N–H and O–H groups in total. The highest BCUT2D eigenvalue weighted by atomic mass is 15.3. The van der Waals surface area contributed by atoms with Crippen LogP contribution in [0.15, 0.2) is 30.7 Å². The lowest BCUT2D eigenvalue weighted by molar-refractivity contribution is 0.298. The van der Waals surface area contributed by atoms with Gasteiger partial charge in [0.1, 0.15) is 18.0 Å². The standard InChI is InChI=1S/C17H26N6/c1-14(2)10-23-17(20-13-21-23)12-22-8-6-15(11-22)9-19-16-5-3-4-7-18-16/h3-5,7,13-15H,6,8-12H2,1-2H3,(H,18,19). The average Bonchev–Trinajstić information content (AvgIpc) is 3.16. The van der Waals surface area contributed by atoms with Crippen LogP contribution in [0.2, 0.25) is 0 Å². The largest absolute Gasteiger partial charge is 0.370 e. The topological polar surface area (TPSA) is 58.9 Å². The van der Waals surface area contributed by atoms with Crippen LogP contribution in [0.3, 0.4) is 0 Å². The normalized spacial score (nSPS) is 18.7. The van der Waals surface area contributed by atoms with E-state index in [1.165, 1.54) is 6.42 Å². The van der Waals surface area contributed by atoms with Gasteiger partial charge in [-0.1, -0.05) is 19.9 Å². The molecule has 1 fully saturated rings. The van der Waals surface area contributed by atoms with E-state index in [0.29, 0.717) is 11.8 Å². The Morgan fingerprint density at radius 1 is 1.30 bits per heavy atom. The zero-order valence-corrected chi connectivity index (χ0v) is 14.0. The van der Waals surface area contributed by atoms with Crippen LogP contribution < -0.4 is 5.32 Å². The van der Waals surface area contributed by atoms with Crippen molar-refractivity contribution < 1.29 is 0 Å². The fourth-order valence-corrected chi connectivity index (χ4v) is 3.05. The van der Waals surface area contributed by atoms with Crippen LogP contribution in [0.5, 0.6) is 0 Å². The van der Waals surface area contributed by atoms with Gasteiger partial charge in [0.25, 0.3) is 0 Å². The summed E-state index contributed by atoms with van der Waals surface area (Å²) in [6, 6.07) is 5.97. The Hall–Kier alpha value is -1.95. The van der Waals surface area contributed by atoms with Crippen molar-refractivity contribution in [3.8, 4) is 0 Å². The molecule has 1 atom stereocenters. The van der Waals surface area contributed by atoms with E-state index < -0.39 is 0 Å². The Kier molecular flexibility index (Phi) is 5.23. The van der Waals surface area contributed by atoms with E-state index in [9.17, 15) is 0 Å². The number of rotatable bonds is 7. The van der Waals surface area contributed by atoms with Gasteiger partial charge in [-0.05, 0) is 36.9 Å². The second-order valence-electron chi connectivity index (χ2n) is 6.74. The molecule has 0 aliphatic carbocycles. The molecule has 3 heterocycles. The first kappa shape index (κ1) is 15.9. The summed E-state index contributed by atoms with van der Waals surface area (Å²) >= 11 is 0. The summed E-state index contributed by atoms with van der Waals surface area (Å²) in [5.41, 5.74) is 0. The maximum atomic E-state index is 4.44. The molecular weight excluding hydrogens is 288 g/mol. The SMILES string of the molecule is CC(C)Cn1ncnc1CN1CCC(CNc2ccccn2)C1. The second kappa shape index (κ2) is 7.55. The highest BCUT2D eigenvalue weighted by molar-refractivity contribution is 5.33. The van der Waals surface area contributed by atoms with Crippen LogP contribution in [-0.4, -0.2) is 44.3 Å². The van der Waals surface area contributed by atoms with E-state index in [-0.39, 0.29) is 0 Å². The van der Waals surface area contributed by atoms with Crippen molar-refractivity contribution in [2.45, 2.75) is 33.4 Å². The van der Waals surface area contributed by atoms with Crippen LogP contribution in [0.4, 0.5) is 5.82 Å². The molecule has 0 bridgehead atoms. The molecule has 1 aliphatic rings. The van der Waals surface area contributed by atoms with Crippen molar-refractivity contribution in [2.75, 3.05) is 25.0 Å². The molecule has 3 rings (SSSR count). The molecule has 0 aromatic carbocycles. The Bertz CT molecular complexity index is 594. The van der Waals surface area contributed by atoms with Crippen LogP contribution in [0, 0.1) is 11.8 Å². The smallest absolute Gasteiger partial charge is 0.141 e. The molecule has 2 aromatic heterocycles. The Balaban J connectivity index is 1.47. The van der Waals surface area contributed by atoms with E-state index in [1.54, 1.807) is 6.33 Å². The molecule has 0 amide bonds. The molecule has 1 saturated heterocycles. The number of hydrogen-bond donors (Lipinski definition) is 1. The van der Waals surface area contributed by atoms with Gasteiger partial charge in [0.05, 0.1) is 6.54 Å². The number of aromatic nitrogens is 4. The third-order valence-corrected chi connectivity index (χ3v) is 4.21. The minimum absolute atomic E-state index is 0.587. The lowest BCUT2D eigenvalue weighted by Crippen LogP contribution is -2.25. The first-order valence-electron chi connectivity index (χ1n) is 8.44. The molecule has 0 radical (unpaired) electrons. The number of nitrogens with one attached hydrogen (secondary N) is 1. The number of pyridine rings is 1. The molecule has 6 nitrogen and oxygen atoms in total. The van der Waals surface area contributed by atoms with Gasteiger partial charge in [-0.15, -0.1) is 0 Å². The van der Waals surface area contributed by atoms with Crippen molar-refractivity contribution in [3.63, 3.8) is 0 Å². The molecule has 23 heavy (non-hydrogen) atoms. The second-order valence-corrected chi connectivity index (χ2v) is 6.74. The monoisotopic (exact) mass is 314 g/mol. The Morgan fingerprint density at radius 3 is 3.00 bits per heavy atom. The van der Waals surface area contributed by atoms with E-state index in [1.807, 2.05) is 29.1 Å². The quantitative estimate of drug-likeness (QED) is 0.849. The van der Waals surface area contributed by atoms with Gasteiger partial charge in [-0.3, -0.25) is 4.90 Å². The first-order chi connectivity index (χ1) is 11.2. The van der Waals surface area contributed by atoms with Crippen molar-refractivity contribution >= 4 is 5.82 Å². The van der Waals surface area contributed by atoms with Crippen molar-refractivity contribution in [3.05, 3.63) is 36.5 Å². The molecule has 1 unspecified atom stereocenters.